The van der Waals surface area contributed by atoms with Crippen LogP contribution in [0.5, 0.6) is 5.75 Å². The van der Waals surface area contributed by atoms with Gasteiger partial charge in [0, 0.05) is 38.6 Å². The van der Waals surface area contributed by atoms with Crippen molar-refractivity contribution in [1.82, 2.24) is 5.32 Å². The predicted molar refractivity (Wildman–Crippen MR) is 151 cm³/mol. The quantitative estimate of drug-likeness (QED) is 0.168. The Morgan fingerprint density at radius 1 is 0.865 bits per heavy atom. The van der Waals surface area contributed by atoms with Crippen LogP contribution in [-0.4, -0.2) is 17.0 Å². The molecule has 4 rings (SSSR count). The summed E-state index contributed by atoms with van der Waals surface area (Å²) >= 11 is 4.80. The number of nitrogens with one attached hydrogen (secondary N) is 3. The Bertz CT molecular complexity index is 1410. The van der Waals surface area contributed by atoms with Crippen molar-refractivity contribution >= 4 is 51.0 Å². The Balaban J connectivity index is 1.54. The minimum atomic E-state index is -0.443. The number of phenolic OH excluding ortho intramolecular Hbond substituents is 1. The lowest BCUT2D eigenvalue weighted by atomic mass is 10.1. The first-order valence-electron chi connectivity index (χ1n) is 11.4. The summed E-state index contributed by atoms with van der Waals surface area (Å²) in [5.74, 6) is -0.102. The van der Waals surface area contributed by atoms with E-state index in [0.717, 1.165) is 25.4 Å². The van der Waals surface area contributed by atoms with Gasteiger partial charge in [0.25, 0.3) is 5.91 Å². The molecule has 6 N–H and O–H groups in total. The van der Waals surface area contributed by atoms with Crippen LogP contribution in [0.4, 0.5) is 16.2 Å². The van der Waals surface area contributed by atoms with Gasteiger partial charge in [-0.15, -0.1) is 0 Å². The first-order chi connectivity index (χ1) is 17.9. The Hall–Kier alpha value is -3.79. The Morgan fingerprint density at radius 2 is 1.62 bits per heavy atom. The molecule has 7 nitrogen and oxygen atoms in total. The van der Waals surface area contributed by atoms with Crippen LogP contribution in [0.25, 0.3) is 0 Å². The maximum atomic E-state index is 12.9. The average Bonchev–Trinajstić information content (AvgIpc) is 2.89. The van der Waals surface area contributed by atoms with E-state index in [0.29, 0.717) is 30.0 Å². The van der Waals surface area contributed by atoms with E-state index in [1.165, 1.54) is 11.8 Å². The van der Waals surface area contributed by atoms with Crippen molar-refractivity contribution in [1.29, 1.82) is 0 Å². The van der Waals surface area contributed by atoms with Gasteiger partial charge in [-0.3, -0.25) is 4.79 Å². The van der Waals surface area contributed by atoms with Crippen LogP contribution < -0.4 is 21.7 Å². The van der Waals surface area contributed by atoms with E-state index in [1.54, 1.807) is 54.6 Å². The van der Waals surface area contributed by atoms with E-state index in [9.17, 15) is 14.7 Å². The van der Waals surface area contributed by atoms with Crippen LogP contribution in [0, 0.1) is 0 Å². The van der Waals surface area contributed by atoms with Crippen LogP contribution in [0.15, 0.2) is 105 Å². The average molecular weight is 578 g/mol. The Kier molecular flexibility index (Phi) is 8.84. The lowest BCUT2D eigenvalue weighted by Crippen LogP contribution is -2.24. The number of hydrogen-bond acceptors (Lipinski definition) is 5. The number of anilines is 2. The zero-order chi connectivity index (χ0) is 26.2. The highest BCUT2D eigenvalue weighted by atomic mass is 79.9. The highest BCUT2D eigenvalue weighted by Gasteiger charge is 2.14. The molecule has 0 bridgehead atoms. The second kappa shape index (κ2) is 12.4. The number of halogens is 1. The number of carbonyl (C=O) groups excluding carboxylic acids is 2. The maximum Gasteiger partial charge on any atom is 0.323 e. The third-order valence-electron chi connectivity index (χ3n) is 5.32. The van der Waals surface area contributed by atoms with Gasteiger partial charge in [0.05, 0.1) is 5.69 Å². The number of carbonyl (C=O) groups is 2. The van der Waals surface area contributed by atoms with E-state index in [1.807, 2.05) is 36.4 Å². The number of benzene rings is 4. The number of hydrogen-bond donors (Lipinski definition) is 5. The molecule has 0 aromatic heterocycles. The monoisotopic (exact) mass is 576 g/mol. The summed E-state index contributed by atoms with van der Waals surface area (Å²) in [6.45, 7) is 0.780. The molecule has 188 valence electrons. The molecular weight excluding hydrogens is 552 g/mol. The SMILES string of the molecule is NCc1cccc(CNC(=O)c2ccc(Sc3ccc(O)cc3)c(NC(=O)Nc3cccc(Br)c3)c2)c1. The van der Waals surface area contributed by atoms with Gasteiger partial charge < -0.3 is 26.8 Å². The molecule has 0 atom stereocenters. The molecular formula is C28H25BrN4O3S. The standard InChI is InChI=1S/C28H25BrN4O3S/c29-21-5-2-6-22(15-21)32-28(36)33-25-14-20(7-12-26(25)37-24-10-8-23(34)9-11-24)27(35)31-17-19-4-1-3-18(13-19)16-30/h1-15,34H,16-17,30H2,(H,31,35)(H2,32,33,36). The van der Waals surface area contributed by atoms with Gasteiger partial charge in [-0.25, -0.2) is 4.79 Å². The van der Waals surface area contributed by atoms with Crippen molar-refractivity contribution in [3.8, 4) is 5.75 Å². The molecule has 4 aromatic rings. The lowest BCUT2D eigenvalue weighted by Gasteiger charge is -2.14. The van der Waals surface area contributed by atoms with Gasteiger partial charge in [-0.2, -0.15) is 0 Å². The first-order valence-corrected chi connectivity index (χ1v) is 13.0. The molecule has 0 saturated carbocycles. The molecule has 3 amide bonds. The summed E-state index contributed by atoms with van der Waals surface area (Å²) in [4.78, 5) is 27.4. The normalized spacial score (nSPS) is 10.5. The van der Waals surface area contributed by atoms with Crippen LogP contribution >= 0.6 is 27.7 Å². The second-order valence-electron chi connectivity index (χ2n) is 8.10. The fourth-order valence-electron chi connectivity index (χ4n) is 3.50. The fraction of sp³-hybridized carbons (Fsp3) is 0.0714. The molecule has 4 aromatic carbocycles. The van der Waals surface area contributed by atoms with Crippen LogP contribution in [-0.2, 0) is 13.1 Å². The summed E-state index contributed by atoms with van der Waals surface area (Å²) < 4.78 is 0.838. The van der Waals surface area contributed by atoms with Crippen LogP contribution in [0.1, 0.15) is 21.5 Å². The molecule has 0 aliphatic heterocycles. The maximum absolute atomic E-state index is 12.9. The minimum Gasteiger partial charge on any atom is -0.508 e. The number of phenols is 1. The van der Waals surface area contributed by atoms with Gasteiger partial charge in [-0.1, -0.05) is 58.0 Å². The summed E-state index contributed by atoms with van der Waals surface area (Å²) in [6.07, 6.45) is 0. The summed E-state index contributed by atoms with van der Waals surface area (Å²) in [5, 5.41) is 18.2. The number of aromatic hydroxyl groups is 1. The van der Waals surface area contributed by atoms with Gasteiger partial charge >= 0.3 is 6.03 Å². The minimum absolute atomic E-state index is 0.167. The lowest BCUT2D eigenvalue weighted by molar-refractivity contribution is 0.0951. The third-order valence-corrected chi connectivity index (χ3v) is 6.89. The summed E-state index contributed by atoms with van der Waals surface area (Å²) in [7, 11) is 0. The van der Waals surface area contributed by atoms with E-state index in [-0.39, 0.29) is 11.7 Å². The number of amides is 3. The zero-order valence-corrected chi connectivity index (χ0v) is 22.1. The number of rotatable bonds is 8. The summed E-state index contributed by atoms with van der Waals surface area (Å²) in [6, 6.07) is 26.4. The van der Waals surface area contributed by atoms with Crippen molar-refractivity contribution in [3.63, 3.8) is 0 Å². The first kappa shape index (κ1) is 26.3. The van der Waals surface area contributed by atoms with Crippen LogP contribution in [0.2, 0.25) is 0 Å². The number of urea groups is 1. The summed E-state index contributed by atoms with van der Waals surface area (Å²) in [5.41, 5.74) is 9.15. The van der Waals surface area contributed by atoms with Crippen molar-refractivity contribution in [2.24, 2.45) is 5.73 Å². The highest BCUT2D eigenvalue weighted by molar-refractivity contribution is 9.10. The molecule has 9 heteroatoms. The third kappa shape index (κ3) is 7.60. The number of nitrogens with two attached hydrogens (primary N) is 1. The molecule has 37 heavy (non-hydrogen) atoms. The largest absolute Gasteiger partial charge is 0.508 e. The van der Waals surface area contributed by atoms with Gasteiger partial charge in [-0.05, 0) is 71.8 Å². The molecule has 0 aliphatic rings. The molecule has 0 heterocycles. The molecule has 0 radical (unpaired) electrons. The molecule has 0 unspecified atom stereocenters. The smallest absolute Gasteiger partial charge is 0.323 e. The van der Waals surface area contributed by atoms with E-state index < -0.39 is 6.03 Å². The predicted octanol–water partition coefficient (Wildman–Crippen LogP) is 6.34. The highest BCUT2D eigenvalue weighted by Crippen LogP contribution is 2.35. The van der Waals surface area contributed by atoms with Crippen molar-refractivity contribution in [2.75, 3.05) is 10.6 Å². The van der Waals surface area contributed by atoms with Crippen LogP contribution in [0.3, 0.4) is 0 Å². The van der Waals surface area contributed by atoms with E-state index in [4.69, 9.17) is 5.73 Å². The van der Waals surface area contributed by atoms with Crippen molar-refractivity contribution in [3.05, 3.63) is 112 Å². The molecule has 0 fully saturated rings. The second-order valence-corrected chi connectivity index (χ2v) is 10.1. The molecule has 0 spiro atoms. The Morgan fingerprint density at radius 3 is 2.38 bits per heavy atom. The van der Waals surface area contributed by atoms with Gasteiger partial charge in [0.1, 0.15) is 5.75 Å². The zero-order valence-electron chi connectivity index (χ0n) is 19.7. The van der Waals surface area contributed by atoms with E-state index >= 15 is 0 Å². The van der Waals surface area contributed by atoms with Crippen molar-refractivity contribution < 1.29 is 14.7 Å². The Labute approximate surface area is 227 Å². The molecule has 0 saturated heterocycles. The van der Waals surface area contributed by atoms with Crippen molar-refractivity contribution in [2.45, 2.75) is 22.9 Å². The van der Waals surface area contributed by atoms with Gasteiger partial charge in [0.15, 0.2) is 0 Å². The van der Waals surface area contributed by atoms with E-state index in [2.05, 4.69) is 31.9 Å². The van der Waals surface area contributed by atoms with Gasteiger partial charge in [0.2, 0.25) is 0 Å². The topological polar surface area (TPSA) is 116 Å². The fourth-order valence-corrected chi connectivity index (χ4v) is 4.78. The molecule has 0 aliphatic carbocycles.